The van der Waals surface area contributed by atoms with Crippen molar-refractivity contribution >= 4 is 17.3 Å². The van der Waals surface area contributed by atoms with Crippen molar-refractivity contribution in [2.24, 2.45) is 0 Å². The van der Waals surface area contributed by atoms with Gasteiger partial charge in [-0.3, -0.25) is 4.79 Å². The average molecular weight is 288 g/mol. The van der Waals surface area contributed by atoms with Gasteiger partial charge in [-0.1, -0.05) is 6.92 Å². The van der Waals surface area contributed by atoms with E-state index < -0.39 is 6.04 Å². The predicted octanol–water partition coefficient (Wildman–Crippen LogP) is 0.872. The fraction of sp³-hybridized carbons (Fsp3) is 0.467. The van der Waals surface area contributed by atoms with E-state index in [-0.39, 0.29) is 5.91 Å². The summed E-state index contributed by atoms with van der Waals surface area (Å²) in [6.07, 6.45) is 0.880. The molecule has 0 aromatic heterocycles. The summed E-state index contributed by atoms with van der Waals surface area (Å²) in [7, 11) is 0. The second-order valence-corrected chi connectivity index (χ2v) is 4.96. The lowest BCUT2D eigenvalue weighted by Crippen LogP contribution is -2.54. The molecule has 112 valence electrons. The number of benzene rings is 1. The third kappa shape index (κ3) is 3.44. The Kier molecular flexibility index (Phi) is 5.01. The predicted molar refractivity (Wildman–Crippen MR) is 80.8 cm³/mol. The van der Waals surface area contributed by atoms with E-state index in [0.717, 1.165) is 6.42 Å². The SMILES string of the molecule is CCCNC(=O)C1COCCN1c1cc(C#N)ccc1N. The lowest BCUT2D eigenvalue weighted by molar-refractivity contribution is -0.124. The molecule has 6 nitrogen and oxygen atoms in total. The number of rotatable bonds is 4. The monoisotopic (exact) mass is 288 g/mol. The molecule has 1 amide bonds. The van der Waals surface area contributed by atoms with Crippen molar-refractivity contribution in [1.82, 2.24) is 5.32 Å². The Hall–Kier alpha value is -2.26. The van der Waals surface area contributed by atoms with Crippen LogP contribution in [0.2, 0.25) is 0 Å². The molecule has 1 aromatic carbocycles. The Bertz CT molecular complexity index is 553. The molecule has 0 saturated carbocycles. The summed E-state index contributed by atoms with van der Waals surface area (Å²) in [6.45, 7) is 4.07. The summed E-state index contributed by atoms with van der Waals surface area (Å²) in [5.41, 5.74) is 7.82. The summed E-state index contributed by atoms with van der Waals surface area (Å²) in [5.74, 6) is -0.0710. The van der Waals surface area contributed by atoms with E-state index in [1.807, 2.05) is 11.8 Å². The van der Waals surface area contributed by atoms with Crippen LogP contribution in [0, 0.1) is 11.3 Å². The van der Waals surface area contributed by atoms with Crippen LogP contribution in [0.25, 0.3) is 0 Å². The minimum Gasteiger partial charge on any atom is -0.397 e. The fourth-order valence-corrected chi connectivity index (χ4v) is 2.34. The Morgan fingerprint density at radius 1 is 1.62 bits per heavy atom. The molecule has 1 atom stereocenters. The number of hydrogen-bond donors (Lipinski definition) is 2. The second kappa shape index (κ2) is 6.95. The highest BCUT2D eigenvalue weighted by molar-refractivity contribution is 5.87. The van der Waals surface area contributed by atoms with Gasteiger partial charge in [0, 0.05) is 13.1 Å². The molecule has 3 N–H and O–H groups in total. The van der Waals surface area contributed by atoms with Gasteiger partial charge in [-0.05, 0) is 24.6 Å². The molecule has 21 heavy (non-hydrogen) atoms. The number of morpholine rings is 1. The third-order valence-corrected chi connectivity index (χ3v) is 3.45. The number of anilines is 2. The Morgan fingerprint density at radius 3 is 3.14 bits per heavy atom. The Morgan fingerprint density at radius 2 is 2.43 bits per heavy atom. The van der Waals surface area contributed by atoms with Crippen molar-refractivity contribution in [3.05, 3.63) is 23.8 Å². The summed E-state index contributed by atoms with van der Waals surface area (Å²) in [4.78, 5) is 14.2. The average Bonchev–Trinajstić information content (AvgIpc) is 2.53. The number of nitrogens with zero attached hydrogens (tertiary/aromatic N) is 2. The van der Waals surface area contributed by atoms with E-state index in [1.54, 1.807) is 18.2 Å². The van der Waals surface area contributed by atoms with Crippen LogP contribution >= 0.6 is 0 Å². The minimum absolute atomic E-state index is 0.0710. The first-order valence-corrected chi connectivity index (χ1v) is 7.09. The van der Waals surface area contributed by atoms with E-state index in [0.29, 0.717) is 43.2 Å². The number of nitriles is 1. The van der Waals surface area contributed by atoms with Gasteiger partial charge in [0.25, 0.3) is 0 Å². The van der Waals surface area contributed by atoms with Crippen LogP contribution in [0.1, 0.15) is 18.9 Å². The Balaban J connectivity index is 2.26. The summed E-state index contributed by atoms with van der Waals surface area (Å²) < 4.78 is 5.42. The number of nitrogens with two attached hydrogens (primary N) is 1. The van der Waals surface area contributed by atoms with Gasteiger partial charge >= 0.3 is 0 Å². The fourth-order valence-electron chi connectivity index (χ4n) is 2.34. The summed E-state index contributed by atoms with van der Waals surface area (Å²) in [5, 5.41) is 11.9. The number of carbonyl (C=O) groups excluding carboxylic acids is 1. The van der Waals surface area contributed by atoms with Crippen LogP contribution in [0.5, 0.6) is 0 Å². The highest BCUT2D eigenvalue weighted by Gasteiger charge is 2.30. The first-order valence-electron chi connectivity index (χ1n) is 7.09. The number of amides is 1. The molecule has 1 saturated heterocycles. The molecule has 1 fully saturated rings. The van der Waals surface area contributed by atoms with Gasteiger partial charge < -0.3 is 20.7 Å². The molecule has 0 spiro atoms. The van der Waals surface area contributed by atoms with Crippen molar-refractivity contribution in [3.63, 3.8) is 0 Å². The van der Waals surface area contributed by atoms with Crippen LogP contribution in [-0.2, 0) is 9.53 Å². The zero-order chi connectivity index (χ0) is 15.2. The van der Waals surface area contributed by atoms with Gasteiger partial charge in [0.15, 0.2) is 0 Å². The van der Waals surface area contributed by atoms with E-state index in [4.69, 9.17) is 15.7 Å². The molecule has 2 rings (SSSR count). The number of ether oxygens (including phenoxy) is 1. The van der Waals surface area contributed by atoms with Gasteiger partial charge in [-0.2, -0.15) is 5.26 Å². The first-order chi connectivity index (χ1) is 10.2. The van der Waals surface area contributed by atoms with Gasteiger partial charge in [0.2, 0.25) is 5.91 Å². The first kappa shape index (κ1) is 15.1. The summed E-state index contributed by atoms with van der Waals surface area (Å²) >= 11 is 0. The zero-order valence-electron chi connectivity index (χ0n) is 12.1. The number of carbonyl (C=O) groups is 1. The summed E-state index contributed by atoms with van der Waals surface area (Å²) in [6, 6.07) is 6.78. The molecule has 1 unspecified atom stereocenters. The number of hydrogen-bond acceptors (Lipinski definition) is 5. The molecule has 1 aliphatic heterocycles. The standard InChI is InChI=1S/C15H20N4O2/c1-2-5-18-15(20)14-10-21-7-6-19(14)13-8-11(9-16)3-4-12(13)17/h3-4,8,14H,2,5-7,10,17H2,1H3,(H,18,20). The minimum atomic E-state index is -0.415. The maximum absolute atomic E-state index is 12.3. The lowest BCUT2D eigenvalue weighted by Gasteiger charge is -2.37. The van der Waals surface area contributed by atoms with E-state index in [9.17, 15) is 4.79 Å². The van der Waals surface area contributed by atoms with Crippen molar-refractivity contribution in [3.8, 4) is 6.07 Å². The number of nitrogen functional groups attached to an aromatic ring is 1. The largest absolute Gasteiger partial charge is 0.397 e. The normalized spacial score (nSPS) is 18.1. The quantitative estimate of drug-likeness (QED) is 0.802. The van der Waals surface area contributed by atoms with Gasteiger partial charge in [0.1, 0.15) is 6.04 Å². The van der Waals surface area contributed by atoms with Crippen molar-refractivity contribution in [2.75, 3.05) is 36.9 Å². The van der Waals surface area contributed by atoms with Crippen LogP contribution < -0.4 is 16.0 Å². The smallest absolute Gasteiger partial charge is 0.245 e. The van der Waals surface area contributed by atoms with E-state index in [1.165, 1.54) is 0 Å². The molecule has 0 aliphatic carbocycles. The lowest BCUT2D eigenvalue weighted by atomic mass is 10.1. The molecule has 1 aromatic rings. The maximum Gasteiger partial charge on any atom is 0.245 e. The number of nitrogens with one attached hydrogen (secondary N) is 1. The highest BCUT2D eigenvalue weighted by atomic mass is 16.5. The molecule has 0 radical (unpaired) electrons. The Labute approximate surface area is 124 Å². The molecule has 6 heteroatoms. The second-order valence-electron chi connectivity index (χ2n) is 4.96. The topological polar surface area (TPSA) is 91.4 Å². The van der Waals surface area contributed by atoms with E-state index >= 15 is 0 Å². The van der Waals surface area contributed by atoms with Crippen molar-refractivity contribution < 1.29 is 9.53 Å². The van der Waals surface area contributed by atoms with Crippen molar-refractivity contribution in [2.45, 2.75) is 19.4 Å². The van der Waals surface area contributed by atoms with E-state index in [2.05, 4.69) is 11.4 Å². The zero-order valence-corrected chi connectivity index (χ0v) is 12.1. The molecular formula is C15H20N4O2. The maximum atomic E-state index is 12.3. The van der Waals surface area contributed by atoms with Gasteiger partial charge in [-0.15, -0.1) is 0 Å². The van der Waals surface area contributed by atoms with Crippen LogP contribution in [0.3, 0.4) is 0 Å². The van der Waals surface area contributed by atoms with Gasteiger partial charge in [-0.25, -0.2) is 0 Å². The van der Waals surface area contributed by atoms with Crippen LogP contribution in [-0.4, -0.2) is 38.3 Å². The van der Waals surface area contributed by atoms with Crippen LogP contribution in [0.15, 0.2) is 18.2 Å². The molecular weight excluding hydrogens is 268 g/mol. The van der Waals surface area contributed by atoms with Gasteiger partial charge in [0.05, 0.1) is 36.2 Å². The van der Waals surface area contributed by atoms with Crippen LogP contribution in [0.4, 0.5) is 11.4 Å². The third-order valence-electron chi connectivity index (χ3n) is 3.45. The molecule has 1 heterocycles. The van der Waals surface area contributed by atoms with Crippen molar-refractivity contribution in [1.29, 1.82) is 5.26 Å². The molecule has 1 aliphatic rings. The highest BCUT2D eigenvalue weighted by Crippen LogP contribution is 2.27. The molecule has 0 bridgehead atoms.